The minimum Gasteiger partial charge on any atom is -0.392 e. The number of hydrogen-bond acceptors (Lipinski definition) is 7. The number of benzene rings is 1. The molecule has 152 valence electrons. The molecule has 1 aliphatic heterocycles. The Morgan fingerprint density at radius 2 is 2.03 bits per heavy atom. The highest BCUT2D eigenvalue weighted by Crippen LogP contribution is 2.20. The zero-order chi connectivity index (χ0) is 20.2. The lowest BCUT2D eigenvalue weighted by Crippen LogP contribution is -2.35. The molecule has 2 aromatic heterocycles. The van der Waals surface area contributed by atoms with Crippen molar-refractivity contribution in [3.8, 4) is 0 Å². The van der Waals surface area contributed by atoms with Crippen LogP contribution < -0.4 is 16.0 Å². The van der Waals surface area contributed by atoms with Crippen molar-refractivity contribution in [2.24, 2.45) is 5.92 Å². The molecule has 9 nitrogen and oxygen atoms in total. The quantitative estimate of drug-likeness (QED) is 0.494. The highest BCUT2D eigenvalue weighted by molar-refractivity contribution is 5.94. The predicted octanol–water partition coefficient (Wildman–Crippen LogP) is 1.13. The van der Waals surface area contributed by atoms with Crippen LogP contribution in [-0.4, -0.2) is 56.8 Å². The van der Waals surface area contributed by atoms with Crippen LogP contribution in [0.3, 0.4) is 0 Å². The minimum atomic E-state index is -0.451. The molecule has 9 heteroatoms. The van der Waals surface area contributed by atoms with Gasteiger partial charge in [-0.3, -0.25) is 4.79 Å². The standard InChI is InChI=1S/C20H25N7O2/c1-21-19(29)14-2-4-15(5-3-14)24-20-25-17-8-11-23-18(27(17)26-20)12-16(28)13-6-9-22-10-7-13/h2-5,8,11,13,16,22,28H,6-7,9-10,12H2,1H3,(H,21,29)(H,24,26). The Labute approximate surface area is 168 Å². The Bertz CT molecular complexity index is 980. The van der Waals surface area contributed by atoms with Gasteiger partial charge in [0.05, 0.1) is 6.10 Å². The van der Waals surface area contributed by atoms with Gasteiger partial charge in [0, 0.05) is 37.0 Å². The van der Waals surface area contributed by atoms with Gasteiger partial charge in [-0.15, -0.1) is 5.10 Å². The maximum atomic E-state index is 11.6. The summed E-state index contributed by atoms with van der Waals surface area (Å²) < 4.78 is 1.67. The number of rotatable bonds is 6. The number of carbonyl (C=O) groups excluding carboxylic acids is 1. The summed E-state index contributed by atoms with van der Waals surface area (Å²) >= 11 is 0. The fourth-order valence-corrected chi connectivity index (χ4v) is 3.62. The molecule has 0 aliphatic carbocycles. The van der Waals surface area contributed by atoms with E-state index in [4.69, 9.17) is 0 Å². The first kappa shape index (κ1) is 19.3. The number of fused-ring (bicyclic) bond motifs is 1. The molecule has 1 saturated heterocycles. The summed E-state index contributed by atoms with van der Waals surface area (Å²) in [7, 11) is 1.60. The Morgan fingerprint density at radius 1 is 1.28 bits per heavy atom. The van der Waals surface area contributed by atoms with Crippen LogP contribution in [0.25, 0.3) is 5.65 Å². The van der Waals surface area contributed by atoms with Crippen LogP contribution in [0.4, 0.5) is 11.6 Å². The Balaban J connectivity index is 1.50. The lowest BCUT2D eigenvalue weighted by molar-refractivity contribution is 0.0867. The lowest BCUT2D eigenvalue weighted by atomic mass is 9.90. The fraction of sp³-hybridized carbons (Fsp3) is 0.400. The average molecular weight is 395 g/mol. The molecule has 0 radical (unpaired) electrons. The third-order valence-corrected chi connectivity index (χ3v) is 5.27. The predicted molar refractivity (Wildman–Crippen MR) is 109 cm³/mol. The molecule has 4 rings (SSSR count). The fourth-order valence-electron chi connectivity index (χ4n) is 3.62. The molecule has 0 spiro atoms. The number of nitrogens with one attached hydrogen (secondary N) is 3. The number of aliphatic hydroxyl groups is 1. The molecule has 3 heterocycles. The van der Waals surface area contributed by atoms with Gasteiger partial charge in [-0.2, -0.15) is 9.50 Å². The van der Waals surface area contributed by atoms with E-state index in [1.807, 2.05) is 0 Å². The van der Waals surface area contributed by atoms with Crippen LogP contribution in [0.2, 0.25) is 0 Å². The number of anilines is 2. The molecule has 0 bridgehead atoms. The van der Waals surface area contributed by atoms with E-state index in [9.17, 15) is 9.90 Å². The van der Waals surface area contributed by atoms with Crippen molar-refractivity contribution in [3.63, 3.8) is 0 Å². The van der Waals surface area contributed by atoms with Crippen LogP contribution in [0.15, 0.2) is 36.5 Å². The molecule has 1 amide bonds. The van der Waals surface area contributed by atoms with Crippen LogP contribution in [-0.2, 0) is 6.42 Å². The van der Waals surface area contributed by atoms with Crippen molar-refractivity contribution < 1.29 is 9.90 Å². The second kappa shape index (κ2) is 8.54. The second-order valence-corrected chi connectivity index (χ2v) is 7.21. The number of piperidine rings is 1. The molecular formula is C20H25N7O2. The number of carbonyl (C=O) groups is 1. The molecule has 1 atom stereocenters. The topological polar surface area (TPSA) is 116 Å². The van der Waals surface area contributed by atoms with E-state index in [0.29, 0.717) is 29.4 Å². The normalized spacial score (nSPS) is 15.9. The van der Waals surface area contributed by atoms with Gasteiger partial charge >= 0.3 is 0 Å². The van der Waals surface area contributed by atoms with Crippen LogP contribution >= 0.6 is 0 Å². The third-order valence-electron chi connectivity index (χ3n) is 5.27. The molecule has 29 heavy (non-hydrogen) atoms. The number of amides is 1. The van der Waals surface area contributed by atoms with E-state index < -0.39 is 6.10 Å². The first-order chi connectivity index (χ1) is 14.1. The maximum Gasteiger partial charge on any atom is 0.251 e. The van der Waals surface area contributed by atoms with Crippen molar-refractivity contribution in [1.29, 1.82) is 0 Å². The van der Waals surface area contributed by atoms with E-state index >= 15 is 0 Å². The number of aromatic nitrogens is 4. The minimum absolute atomic E-state index is 0.134. The van der Waals surface area contributed by atoms with E-state index in [2.05, 4.69) is 31.0 Å². The molecular weight excluding hydrogens is 370 g/mol. The van der Waals surface area contributed by atoms with Crippen molar-refractivity contribution in [3.05, 3.63) is 47.9 Å². The summed E-state index contributed by atoms with van der Waals surface area (Å²) in [4.78, 5) is 20.6. The number of nitrogens with zero attached hydrogens (tertiary/aromatic N) is 4. The summed E-state index contributed by atoms with van der Waals surface area (Å²) in [6.45, 7) is 1.88. The van der Waals surface area contributed by atoms with Gasteiger partial charge in [0.25, 0.3) is 5.91 Å². The van der Waals surface area contributed by atoms with Crippen molar-refractivity contribution >= 4 is 23.2 Å². The first-order valence-electron chi connectivity index (χ1n) is 9.82. The largest absolute Gasteiger partial charge is 0.392 e. The molecule has 1 aromatic carbocycles. The first-order valence-corrected chi connectivity index (χ1v) is 9.82. The number of hydrogen-bond donors (Lipinski definition) is 4. The lowest BCUT2D eigenvalue weighted by Gasteiger charge is -2.26. The summed E-state index contributed by atoms with van der Waals surface area (Å²) in [5, 5.41) is 24.2. The summed E-state index contributed by atoms with van der Waals surface area (Å²) in [6, 6.07) is 8.86. The second-order valence-electron chi connectivity index (χ2n) is 7.21. The zero-order valence-corrected chi connectivity index (χ0v) is 16.3. The Morgan fingerprint density at radius 3 is 2.76 bits per heavy atom. The highest BCUT2D eigenvalue weighted by Gasteiger charge is 2.23. The van der Waals surface area contributed by atoms with Crippen LogP contribution in [0.5, 0.6) is 0 Å². The molecule has 1 fully saturated rings. The molecule has 0 saturated carbocycles. The molecule has 4 N–H and O–H groups in total. The molecule has 3 aromatic rings. The third kappa shape index (κ3) is 4.36. The maximum absolute atomic E-state index is 11.6. The van der Waals surface area contributed by atoms with Crippen molar-refractivity contribution in [2.45, 2.75) is 25.4 Å². The van der Waals surface area contributed by atoms with Gasteiger partial charge < -0.3 is 21.1 Å². The number of aliphatic hydroxyl groups excluding tert-OH is 1. The molecule has 1 aliphatic rings. The van der Waals surface area contributed by atoms with Crippen LogP contribution in [0.1, 0.15) is 29.0 Å². The van der Waals surface area contributed by atoms with Gasteiger partial charge in [-0.1, -0.05) is 0 Å². The highest BCUT2D eigenvalue weighted by atomic mass is 16.3. The SMILES string of the molecule is CNC(=O)c1ccc(Nc2nc3ccnc(CC(O)C4CCNCC4)n3n2)cc1. The van der Waals surface area contributed by atoms with Gasteiger partial charge in [0.1, 0.15) is 5.82 Å². The Hall–Kier alpha value is -3.04. The van der Waals surface area contributed by atoms with Gasteiger partial charge in [-0.25, -0.2) is 4.98 Å². The Kier molecular flexibility index (Phi) is 5.68. The average Bonchev–Trinajstić information content (AvgIpc) is 3.18. The van der Waals surface area contributed by atoms with E-state index in [1.165, 1.54) is 0 Å². The van der Waals surface area contributed by atoms with E-state index in [1.54, 1.807) is 48.1 Å². The monoisotopic (exact) mass is 395 g/mol. The van der Waals surface area contributed by atoms with Crippen molar-refractivity contribution in [1.82, 2.24) is 30.2 Å². The zero-order valence-electron chi connectivity index (χ0n) is 16.3. The van der Waals surface area contributed by atoms with Crippen molar-refractivity contribution in [2.75, 3.05) is 25.5 Å². The smallest absolute Gasteiger partial charge is 0.251 e. The van der Waals surface area contributed by atoms with Crippen LogP contribution in [0, 0.1) is 5.92 Å². The van der Waals surface area contributed by atoms with Gasteiger partial charge in [0.15, 0.2) is 5.65 Å². The summed E-state index contributed by atoms with van der Waals surface area (Å²) in [6.07, 6.45) is 3.61. The van der Waals surface area contributed by atoms with Gasteiger partial charge in [0.2, 0.25) is 5.95 Å². The van der Waals surface area contributed by atoms with Gasteiger partial charge in [-0.05, 0) is 56.1 Å². The van der Waals surface area contributed by atoms with E-state index in [-0.39, 0.29) is 11.8 Å². The summed E-state index contributed by atoms with van der Waals surface area (Å²) in [5.41, 5.74) is 2.02. The molecule has 1 unspecified atom stereocenters. The summed E-state index contributed by atoms with van der Waals surface area (Å²) in [5.74, 6) is 1.26. The van der Waals surface area contributed by atoms with E-state index in [0.717, 1.165) is 31.6 Å².